The number of amides is 1. The van der Waals surface area contributed by atoms with Crippen LogP contribution in [0.4, 0.5) is 4.79 Å². The largest absolute Gasteiger partial charge is 0.461 e. The first kappa shape index (κ1) is 27.4. The summed E-state index contributed by atoms with van der Waals surface area (Å²) in [5, 5.41) is 2.92. The third kappa shape index (κ3) is 10.9. The van der Waals surface area contributed by atoms with Gasteiger partial charge in [0.25, 0.3) is 0 Å². The van der Waals surface area contributed by atoms with E-state index >= 15 is 0 Å². The number of esters is 2. The number of carbonyl (C=O) groups excluding carboxylic acids is 3. The molecular formula is C27H39NO6. The molecule has 1 aliphatic rings. The Morgan fingerprint density at radius 1 is 0.912 bits per heavy atom. The van der Waals surface area contributed by atoms with Gasteiger partial charge in [0.1, 0.15) is 17.8 Å². The van der Waals surface area contributed by atoms with Gasteiger partial charge in [0.15, 0.2) is 0 Å². The highest BCUT2D eigenvalue weighted by atomic mass is 16.6. The summed E-state index contributed by atoms with van der Waals surface area (Å²) >= 11 is 0. The van der Waals surface area contributed by atoms with Gasteiger partial charge in [0.2, 0.25) is 0 Å². The van der Waals surface area contributed by atoms with Crippen LogP contribution in [0.2, 0.25) is 0 Å². The van der Waals surface area contributed by atoms with E-state index in [4.69, 9.17) is 14.2 Å². The molecule has 0 radical (unpaired) electrons. The van der Waals surface area contributed by atoms with Crippen LogP contribution in [0.3, 0.4) is 0 Å². The zero-order valence-electron chi connectivity index (χ0n) is 21.3. The maximum Gasteiger partial charge on any atom is 0.407 e. The van der Waals surface area contributed by atoms with Gasteiger partial charge in [-0.2, -0.15) is 0 Å². The minimum atomic E-state index is -0.668. The number of allylic oxidation sites excluding steroid dienone is 1. The van der Waals surface area contributed by atoms with Crippen LogP contribution in [-0.2, 0) is 30.4 Å². The first-order chi connectivity index (χ1) is 15.8. The number of benzene rings is 1. The second kappa shape index (κ2) is 12.0. The smallest absolute Gasteiger partial charge is 0.407 e. The predicted molar refractivity (Wildman–Crippen MR) is 130 cm³/mol. The van der Waals surface area contributed by atoms with Crippen LogP contribution in [0.15, 0.2) is 42.0 Å². The van der Waals surface area contributed by atoms with Gasteiger partial charge >= 0.3 is 18.0 Å². The lowest BCUT2D eigenvalue weighted by Gasteiger charge is -2.29. The molecule has 2 rings (SSSR count). The second-order valence-corrected chi connectivity index (χ2v) is 10.8. The number of hydrogen-bond donors (Lipinski definition) is 1. The molecule has 0 aromatic heterocycles. The Bertz CT molecular complexity index is 855. The molecule has 0 saturated heterocycles. The van der Waals surface area contributed by atoms with Gasteiger partial charge in [-0.15, -0.1) is 0 Å². The fourth-order valence-electron chi connectivity index (χ4n) is 3.68. The average molecular weight is 474 g/mol. The van der Waals surface area contributed by atoms with Gasteiger partial charge in [-0.25, -0.2) is 9.59 Å². The van der Waals surface area contributed by atoms with E-state index in [1.807, 2.05) is 57.2 Å². The lowest BCUT2D eigenvalue weighted by molar-refractivity contribution is -0.153. The maximum absolute atomic E-state index is 12.8. The second-order valence-electron chi connectivity index (χ2n) is 10.8. The SMILES string of the molecule is CC(C)(C)OC(=O)N[C@H]1CC[C@H](C=C(CC(=O)OCc2ccccc2)C(=O)OC(C)(C)C)CC1. The van der Waals surface area contributed by atoms with Crippen molar-refractivity contribution in [2.45, 2.75) is 97.5 Å². The van der Waals surface area contributed by atoms with Crippen LogP contribution < -0.4 is 5.32 Å². The van der Waals surface area contributed by atoms with Gasteiger partial charge in [-0.3, -0.25) is 4.79 Å². The van der Waals surface area contributed by atoms with E-state index < -0.39 is 29.2 Å². The topological polar surface area (TPSA) is 90.9 Å². The summed E-state index contributed by atoms with van der Waals surface area (Å²) in [6.45, 7) is 11.0. The van der Waals surface area contributed by atoms with Crippen molar-refractivity contribution in [3.63, 3.8) is 0 Å². The lowest BCUT2D eigenvalue weighted by Crippen LogP contribution is -2.40. The van der Waals surface area contributed by atoms with E-state index in [0.29, 0.717) is 5.57 Å². The van der Waals surface area contributed by atoms with Crippen molar-refractivity contribution in [1.82, 2.24) is 5.32 Å². The van der Waals surface area contributed by atoms with Crippen LogP contribution in [-0.4, -0.2) is 35.3 Å². The molecule has 1 aromatic rings. The summed E-state index contributed by atoms with van der Waals surface area (Å²) in [5.74, 6) is -0.861. The van der Waals surface area contributed by atoms with E-state index in [9.17, 15) is 14.4 Å². The summed E-state index contributed by atoms with van der Waals surface area (Å²) in [6, 6.07) is 9.43. The molecule has 0 atom stereocenters. The number of ether oxygens (including phenoxy) is 3. The number of rotatable bonds is 7. The normalized spacial score (nSPS) is 19.2. The van der Waals surface area contributed by atoms with Crippen molar-refractivity contribution >= 4 is 18.0 Å². The quantitative estimate of drug-likeness (QED) is 0.321. The molecule has 1 aliphatic carbocycles. The van der Waals surface area contributed by atoms with E-state index in [1.165, 1.54) is 0 Å². The van der Waals surface area contributed by atoms with Crippen molar-refractivity contribution < 1.29 is 28.6 Å². The van der Waals surface area contributed by atoms with Crippen molar-refractivity contribution in [3.05, 3.63) is 47.5 Å². The number of nitrogens with one attached hydrogen (secondary N) is 1. The van der Waals surface area contributed by atoms with E-state index in [1.54, 1.807) is 20.8 Å². The molecule has 0 heterocycles. The molecule has 7 heteroatoms. The van der Waals surface area contributed by atoms with Crippen LogP contribution in [0.1, 0.15) is 79.2 Å². The van der Waals surface area contributed by atoms with Crippen LogP contribution in [0, 0.1) is 5.92 Å². The molecule has 0 aliphatic heterocycles. The molecule has 0 spiro atoms. The summed E-state index contributed by atoms with van der Waals surface area (Å²) in [5.41, 5.74) is -0.00777. The van der Waals surface area contributed by atoms with Gasteiger partial charge in [0.05, 0.1) is 6.42 Å². The summed E-state index contributed by atoms with van der Waals surface area (Å²) in [4.78, 5) is 37.3. The molecule has 0 bridgehead atoms. The first-order valence-electron chi connectivity index (χ1n) is 11.9. The zero-order chi connectivity index (χ0) is 25.4. The van der Waals surface area contributed by atoms with E-state index in [-0.39, 0.29) is 25.0 Å². The standard InChI is InChI=1S/C27H39NO6/c1-26(2,3)33-24(30)21(17-23(29)32-18-20-10-8-7-9-11-20)16-19-12-14-22(15-13-19)28-25(31)34-27(4,5)6/h7-11,16,19,22H,12-15,17-18H2,1-6H3,(H,28,31)/t19-,22-. The summed E-state index contributed by atoms with van der Waals surface area (Å²) in [6.07, 6.45) is 4.39. The molecule has 1 aromatic carbocycles. The Hall–Kier alpha value is -2.83. The molecule has 34 heavy (non-hydrogen) atoms. The van der Waals surface area contributed by atoms with Crippen LogP contribution in [0.5, 0.6) is 0 Å². The van der Waals surface area contributed by atoms with Crippen LogP contribution >= 0.6 is 0 Å². The maximum atomic E-state index is 12.8. The molecule has 188 valence electrons. The Morgan fingerprint density at radius 3 is 2.06 bits per heavy atom. The van der Waals surface area contributed by atoms with Gasteiger partial charge in [-0.05, 0) is 78.7 Å². The third-order valence-corrected chi connectivity index (χ3v) is 5.17. The van der Waals surface area contributed by atoms with Gasteiger partial charge in [0, 0.05) is 11.6 Å². The number of alkyl carbamates (subject to hydrolysis) is 1. The van der Waals surface area contributed by atoms with Crippen molar-refractivity contribution in [2.75, 3.05) is 0 Å². The minimum absolute atomic E-state index is 0.0281. The fourth-order valence-corrected chi connectivity index (χ4v) is 3.68. The molecular weight excluding hydrogens is 434 g/mol. The Kier molecular flexibility index (Phi) is 9.71. The average Bonchev–Trinajstić information content (AvgIpc) is 2.71. The Labute approximate surface area is 203 Å². The molecule has 1 amide bonds. The fraction of sp³-hybridized carbons (Fsp3) is 0.593. The minimum Gasteiger partial charge on any atom is -0.461 e. The molecule has 1 fully saturated rings. The number of carbonyl (C=O) groups is 3. The summed E-state index contributed by atoms with van der Waals surface area (Å²) in [7, 11) is 0. The van der Waals surface area contributed by atoms with E-state index in [0.717, 1.165) is 31.2 Å². The van der Waals surface area contributed by atoms with Crippen LogP contribution in [0.25, 0.3) is 0 Å². The lowest BCUT2D eigenvalue weighted by atomic mass is 9.84. The highest BCUT2D eigenvalue weighted by Gasteiger charge is 2.27. The molecule has 1 saturated carbocycles. The molecule has 1 N–H and O–H groups in total. The molecule has 0 unspecified atom stereocenters. The predicted octanol–water partition coefficient (Wildman–Crippen LogP) is 5.47. The highest BCUT2D eigenvalue weighted by molar-refractivity contribution is 5.94. The van der Waals surface area contributed by atoms with Gasteiger partial charge < -0.3 is 19.5 Å². The first-order valence-corrected chi connectivity index (χ1v) is 11.9. The molecule has 7 nitrogen and oxygen atoms in total. The number of hydrogen-bond acceptors (Lipinski definition) is 6. The van der Waals surface area contributed by atoms with Crippen molar-refractivity contribution in [2.24, 2.45) is 5.92 Å². The van der Waals surface area contributed by atoms with Gasteiger partial charge in [-0.1, -0.05) is 36.4 Å². The Morgan fingerprint density at radius 2 is 1.50 bits per heavy atom. The van der Waals surface area contributed by atoms with Crippen molar-refractivity contribution in [1.29, 1.82) is 0 Å². The van der Waals surface area contributed by atoms with Crippen molar-refractivity contribution in [3.8, 4) is 0 Å². The zero-order valence-corrected chi connectivity index (χ0v) is 21.3. The van der Waals surface area contributed by atoms with E-state index in [2.05, 4.69) is 5.32 Å². The monoisotopic (exact) mass is 473 g/mol. The third-order valence-electron chi connectivity index (χ3n) is 5.17. The highest BCUT2D eigenvalue weighted by Crippen LogP contribution is 2.28. The summed E-state index contributed by atoms with van der Waals surface area (Å²) < 4.78 is 16.3. The Balaban J connectivity index is 1.97.